The van der Waals surface area contributed by atoms with Gasteiger partial charge in [-0.05, 0) is 57.4 Å². The first-order valence-electron chi connectivity index (χ1n) is 8.61. The van der Waals surface area contributed by atoms with E-state index in [1.54, 1.807) is 28.9 Å². The molecule has 136 valence electrons. The van der Waals surface area contributed by atoms with Gasteiger partial charge in [-0.1, -0.05) is 0 Å². The highest BCUT2D eigenvalue weighted by Crippen LogP contribution is 2.22. The molecule has 0 atom stereocenters. The fourth-order valence-electron chi connectivity index (χ4n) is 3.08. The third-order valence-corrected chi connectivity index (χ3v) is 4.82. The maximum absolute atomic E-state index is 12.7. The number of aromatic carboxylic acids is 1. The van der Waals surface area contributed by atoms with Crippen LogP contribution in [-0.2, 0) is 4.79 Å². The number of likely N-dealkylation sites (tertiary alicyclic amines) is 1. The van der Waals surface area contributed by atoms with Gasteiger partial charge >= 0.3 is 5.97 Å². The topological polar surface area (TPSA) is 77.9 Å². The second-order valence-electron chi connectivity index (χ2n) is 7.00. The quantitative estimate of drug-likeness (QED) is 0.908. The maximum Gasteiger partial charge on any atom is 0.335 e. The summed E-state index contributed by atoms with van der Waals surface area (Å²) in [6.45, 7) is 6.76. The Bertz CT molecular complexity index is 676. The minimum absolute atomic E-state index is 0.0523. The van der Waals surface area contributed by atoms with Crippen molar-refractivity contribution in [1.29, 1.82) is 0 Å². The second kappa shape index (κ2) is 7.68. The molecule has 1 aromatic rings. The van der Waals surface area contributed by atoms with Crippen molar-refractivity contribution in [2.24, 2.45) is 5.92 Å². The van der Waals surface area contributed by atoms with Crippen molar-refractivity contribution in [3.05, 3.63) is 34.9 Å². The summed E-state index contributed by atoms with van der Waals surface area (Å²) in [6, 6.07) is 4.83. The number of carbonyl (C=O) groups excluding carboxylic acids is 2. The Balaban J connectivity index is 2.05. The van der Waals surface area contributed by atoms with E-state index < -0.39 is 5.97 Å². The summed E-state index contributed by atoms with van der Waals surface area (Å²) >= 11 is 0. The molecule has 1 aliphatic rings. The zero-order valence-electron chi connectivity index (χ0n) is 15.3. The highest BCUT2D eigenvalue weighted by atomic mass is 16.4. The fraction of sp³-hybridized carbons (Fsp3) is 0.526. The lowest BCUT2D eigenvalue weighted by molar-refractivity contribution is -0.137. The van der Waals surface area contributed by atoms with Gasteiger partial charge in [0.05, 0.1) is 5.56 Å². The number of carboxylic acids is 1. The lowest BCUT2D eigenvalue weighted by Gasteiger charge is -2.34. The van der Waals surface area contributed by atoms with Gasteiger partial charge in [0.15, 0.2) is 0 Å². The predicted molar refractivity (Wildman–Crippen MR) is 94.7 cm³/mol. The number of nitrogens with zero attached hydrogens (tertiary/aromatic N) is 2. The number of carbonyl (C=O) groups is 3. The molecular formula is C19H26N2O4. The smallest absolute Gasteiger partial charge is 0.335 e. The molecule has 1 aromatic carbocycles. The van der Waals surface area contributed by atoms with E-state index >= 15 is 0 Å². The van der Waals surface area contributed by atoms with Gasteiger partial charge in [-0.25, -0.2) is 4.79 Å². The Morgan fingerprint density at radius 3 is 2.20 bits per heavy atom. The van der Waals surface area contributed by atoms with Gasteiger partial charge in [-0.2, -0.15) is 0 Å². The van der Waals surface area contributed by atoms with Crippen LogP contribution in [0.3, 0.4) is 0 Å². The fourth-order valence-corrected chi connectivity index (χ4v) is 3.08. The van der Waals surface area contributed by atoms with Crippen LogP contribution in [-0.4, -0.2) is 58.9 Å². The first kappa shape index (κ1) is 19.0. The van der Waals surface area contributed by atoms with Gasteiger partial charge in [-0.3, -0.25) is 9.59 Å². The van der Waals surface area contributed by atoms with Gasteiger partial charge in [0.2, 0.25) is 5.91 Å². The van der Waals surface area contributed by atoms with E-state index in [1.807, 2.05) is 20.9 Å². The number of aryl methyl sites for hydroxylation is 1. The molecule has 0 aliphatic carbocycles. The second-order valence-corrected chi connectivity index (χ2v) is 7.00. The van der Waals surface area contributed by atoms with E-state index in [1.165, 1.54) is 6.07 Å². The SMILES string of the molecule is Cc1cc(C(=O)O)cc(C(=O)N2CCC(C(=O)N(C)C(C)C)CC2)c1. The summed E-state index contributed by atoms with van der Waals surface area (Å²) in [7, 11) is 1.81. The molecule has 1 heterocycles. The number of rotatable bonds is 4. The molecule has 0 bridgehead atoms. The van der Waals surface area contributed by atoms with Crippen LogP contribution in [0.2, 0.25) is 0 Å². The number of amides is 2. The van der Waals surface area contributed by atoms with Crippen molar-refractivity contribution in [1.82, 2.24) is 9.80 Å². The standard InChI is InChI=1S/C19H26N2O4/c1-12(2)20(4)17(22)14-5-7-21(8-6-14)18(23)15-9-13(3)10-16(11-15)19(24)25/h9-12,14H,5-8H2,1-4H3,(H,24,25). The third-order valence-electron chi connectivity index (χ3n) is 4.82. The van der Waals surface area contributed by atoms with E-state index in [4.69, 9.17) is 5.11 Å². The van der Waals surface area contributed by atoms with Gasteiger partial charge in [0.1, 0.15) is 0 Å². The lowest BCUT2D eigenvalue weighted by atomic mass is 9.94. The minimum atomic E-state index is -1.04. The van der Waals surface area contributed by atoms with Crippen LogP contribution < -0.4 is 0 Å². The number of hydrogen-bond acceptors (Lipinski definition) is 3. The Labute approximate surface area is 148 Å². The molecule has 0 unspecified atom stereocenters. The molecule has 1 aliphatic heterocycles. The van der Waals surface area contributed by atoms with Crippen LogP contribution in [0.25, 0.3) is 0 Å². The van der Waals surface area contributed by atoms with Crippen molar-refractivity contribution in [2.75, 3.05) is 20.1 Å². The molecule has 0 saturated carbocycles. The molecule has 2 rings (SSSR count). The van der Waals surface area contributed by atoms with Crippen LogP contribution in [0.5, 0.6) is 0 Å². The van der Waals surface area contributed by atoms with Crippen molar-refractivity contribution < 1.29 is 19.5 Å². The molecule has 1 saturated heterocycles. The van der Waals surface area contributed by atoms with E-state index in [0.29, 0.717) is 31.5 Å². The van der Waals surface area contributed by atoms with Crippen molar-refractivity contribution >= 4 is 17.8 Å². The van der Waals surface area contributed by atoms with Gasteiger partial charge in [-0.15, -0.1) is 0 Å². The van der Waals surface area contributed by atoms with Crippen LogP contribution in [0.4, 0.5) is 0 Å². The Morgan fingerprint density at radius 1 is 1.12 bits per heavy atom. The summed E-state index contributed by atoms with van der Waals surface area (Å²) in [5.41, 5.74) is 1.25. The van der Waals surface area contributed by atoms with Gasteiger partial charge in [0.25, 0.3) is 5.91 Å². The van der Waals surface area contributed by atoms with Crippen LogP contribution in [0.15, 0.2) is 18.2 Å². The summed E-state index contributed by atoms with van der Waals surface area (Å²) in [5, 5.41) is 9.15. The number of carboxylic acid groups (broad SMARTS) is 1. The van der Waals surface area contributed by atoms with Crippen LogP contribution in [0.1, 0.15) is 53.0 Å². The molecular weight excluding hydrogens is 320 g/mol. The monoisotopic (exact) mass is 346 g/mol. The Morgan fingerprint density at radius 2 is 1.68 bits per heavy atom. The van der Waals surface area contributed by atoms with Crippen molar-refractivity contribution in [3.8, 4) is 0 Å². The van der Waals surface area contributed by atoms with E-state index in [2.05, 4.69) is 0 Å². The average molecular weight is 346 g/mol. The first-order chi connectivity index (χ1) is 11.7. The van der Waals surface area contributed by atoms with Gasteiger partial charge in [0, 0.05) is 37.7 Å². The number of hydrogen-bond donors (Lipinski definition) is 1. The molecule has 25 heavy (non-hydrogen) atoms. The van der Waals surface area contributed by atoms with E-state index in [0.717, 1.165) is 5.56 Å². The lowest BCUT2D eigenvalue weighted by Crippen LogP contribution is -2.45. The highest BCUT2D eigenvalue weighted by molar-refractivity contribution is 5.98. The maximum atomic E-state index is 12.7. The van der Waals surface area contributed by atoms with Gasteiger partial charge < -0.3 is 14.9 Å². The largest absolute Gasteiger partial charge is 0.478 e. The third kappa shape index (κ3) is 4.38. The van der Waals surface area contributed by atoms with E-state index in [9.17, 15) is 14.4 Å². The molecule has 0 spiro atoms. The van der Waals surface area contributed by atoms with Crippen molar-refractivity contribution in [3.63, 3.8) is 0 Å². The highest BCUT2D eigenvalue weighted by Gasteiger charge is 2.30. The molecule has 6 heteroatoms. The summed E-state index contributed by atoms with van der Waals surface area (Å²) in [5.74, 6) is -1.14. The Kier molecular flexibility index (Phi) is 5.82. The molecule has 6 nitrogen and oxygen atoms in total. The molecule has 0 radical (unpaired) electrons. The normalized spacial score (nSPS) is 15.3. The minimum Gasteiger partial charge on any atom is -0.478 e. The first-order valence-corrected chi connectivity index (χ1v) is 8.61. The van der Waals surface area contributed by atoms with Crippen LogP contribution >= 0.6 is 0 Å². The summed E-state index contributed by atoms with van der Waals surface area (Å²) < 4.78 is 0. The number of piperidine rings is 1. The van der Waals surface area contributed by atoms with Crippen LogP contribution in [0, 0.1) is 12.8 Å². The number of benzene rings is 1. The summed E-state index contributed by atoms with van der Waals surface area (Å²) in [4.78, 5) is 39.7. The molecule has 1 N–H and O–H groups in total. The predicted octanol–water partition coefficient (Wildman–Crippen LogP) is 2.41. The van der Waals surface area contributed by atoms with Crippen molar-refractivity contribution in [2.45, 2.75) is 39.7 Å². The molecule has 0 aromatic heterocycles. The summed E-state index contributed by atoms with van der Waals surface area (Å²) in [6.07, 6.45) is 1.28. The molecule has 2 amide bonds. The zero-order chi connectivity index (χ0) is 18.7. The van der Waals surface area contributed by atoms with E-state index in [-0.39, 0.29) is 29.3 Å². The molecule has 1 fully saturated rings. The zero-order valence-corrected chi connectivity index (χ0v) is 15.3. The average Bonchev–Trinajstić information content (AvgIpc) is 2.59. The Hall–Kier alpha value is -2.37.